The standard InChI is InChI=1S/C12H9BrN2O/c13-6-2-1-3-9-4-5-11-10(7-9)8-14-15-12(11)16/h4-5,7-8H,2,6H2,(H,15,16). The van der Waals surface area contributed by atoms with Gasteiger partial charge in [0.1, 0.15) is 0 Å². The number of rotatable bonds is 1. The molecule has 3 nitrogen and oxygen atoms in total. The third-order valence-electron chi connectivity index (χ3n) is 2.12. The third kappa shape index (κ3) is 2.31. The first-order chi connectivity index (χ1) is 7.81. The summed E-state index contributed by atoms with van der Waals surface area (Å²) in [6, 6.07) is 5.49. The van der Waals surface area contributed by atoms with Crippen molar-refractivity contribution in [2.45, 2.75) is 6.42 Å². The largest absolute Gasteiger partial charge is 0.272 e. The average molecular weight is 277 g/mol. The van der Waals surface area contributed by atoms with Crippen molar-refractivity contribution in [1.29, 1.82) is 0 Å². The van der Waals surface area contributed by atoms with E-state index in [1.165, 1.54) is 0 Å². The molecule has 0 atom stereocenters. The van der Waals surface area contributed by atoms with Crippen LogP contribution in [-0.2, 0) is 0 Å². The summed E-state index contributed by atoms with van der Waals surface area (Å²) in [7, 11) is 0. The number of fused-ring (bicyclic) bond motifs is 1. The van der Waals surface area contributed by atoms with Gasteiger partial charge in [-0.2, -0.15) is 5.10 Å². The fourth-order valence-corrected chi connectivity index (χ4v) is 1.58. The van der Waals surface area contributed by atoms with Gasteiger partial charge in [-0.15, -0.1) is 0 Å². The molecular weight excluding hydrogens is 268 g/mol. The molecule has 1 heterocycles. The lowest BCUT2D eigenvalue weighted by Crippen LogP contribution is -2.07. The van der Waals surface area contributed by atoms with Gasteiger partial charge in [0.05, 0.1) is 11.6 Å². The summed E-state index contributed by atoms with van der Waals surface area (Å²) < 4.78 is 0. The SMILES string of the molecule is O=c1[nH]ncc2cc(C#CCCBr)ccc12. The van der Waals surface area contributed by atoms with Gasteiger partial charge in [-0.1, -0.05) is 27.8 Å². The maximum absolute atomic E-state index is 11.4. The molecule has 0 fully saturated rings. The molecule has 2 aromatic rings. The van der Waals surface area contributed by atoms with E-state index in [2.05, 4.69) is 38.0 Å². The Bertz CT molecular complexity index is 622. The smallest absolute Gasteiger partial charge is 0.267 e. The molecule has 80 valence electrons. The molecule has 0 bridgehead atoms. The molecular formula is C12H9BrN2O. The molecule has 0 spiro atoms. The molecule has 1 aromatic heterocycles. The zero-order chi connectivity index (χ0) is 11.4. The summed E-state index contributed by atoms with van der Waals surface area (Å²) in [5.74, 6) is 6.06. The normalized spacial score (nSPS) is 9.81. The highest BCUT2D eigenvalue weighted by molar-refractivity contribution is 9.09. The average Bonchev–Trinajstić information content (AvgIpc) is 2.30. The van der Waals surface area contributed by atoms with E-state index >= 15 is 0 Å². The highest BCUT2D eigenvalue weighted by Crippen LogP contribution is 2.09. The highest BCUT2D eigenvalue weighted by atomic mass is 79.9. The van der Waals surface area contributed by atoms with Crippen LogP contribution in [0.2, 0.25) is 0 Å². The summed E-state index contributed by atoms with van der Waals surface area (Å²) >= 11 is 3.31. The predicted octanol–water partition coefficient (Wildman–Crippen LogP) is 2.06. The zero-order valence-electron chi connectivity index (χ0n) is 8.46. The van der Waals surface area contributed by atoms with Gasteiger partial charge in [0.15, 0.2) is 0 Å². The van der Waals surface area contributed by atoms with Crippen LogP contribution < -0.4 is 5.56 Å². The Kier molecular flexibility index (Phi) is 3.37. The van der Waals surface area contributed by atoms with Gasteiger partial charge in [0, 0.05) is 22.7 Å². The van der Waals surface area contributed by atoms with Gasteiger partial charge in [0.25, 0.3) is 5.56 Å². The van der Waals surface area contributed by atoms with Crippen molar-refractivity contribution in [2.75, 3.05) is 5.33 Å². The molecule has 16 heavy (non-hydrogen) atoms. The van der Waals surface area contributed by atoms with E-state index in [0.29, 0.717) is 5.39 Å². The van der Waals surface area contributed by atoms with Crippen molar-refractivity contribution in [2.24, 2.45) is 0 Å². The molecule has 4 heteroatoms. The van der Waals surface area contributed by atoms with Gasteiger partial charge < -0.3 is 0 Å². The fourth-order valence-electron chi connectivity index (χ4n) is 1.39. The number of benzene rings is 1. The van der Waals surface area contributed by atoms with Crippen molar-refractivity contribution < 1.29 is 0 Å². The lowest BCUT2D eigenvalue weighted by Gasteiger charge is -1.95. The summed E-state index contributed by atoms with van der Waals surface area (Å²) in [5.41, 5.74) is 0.735. The first-order valence-electron chi connectivity index (χ1n) is 4.83. The molecule has 0 aliphatic rings. The monoisotopic (exact) mass is 276 g/mol. The Labute approximate surface area is 101 Å². The molecule has 0 unspecified atom stereocenters. The zero-order valence-corrected chi connectivity index (χ0v) is 10.0. The number of alkyl halides is 1. The Morgan fingerprint density at radius 2 is 2.31 bits per heavy atom. The number of aromatic amines is 1. The number of H-pyrrole nitrogens is 1. The minimum absolute atomic E-state index is 0.169. The number of hydrogen-bond donors (Lipinski definition) is 1. The van der Waals surface area contributed by atoms with Crippen LogP contribution in [0, 0.1) is 11.8 Å². The molecule has 0 radical (unpaired) electrons. The lowest BCUT2D eigenvalue weighted by molar-refractivity contribution is 1.01. The Balaban J connectivity index is 2.46. The number of nitrogens with one attached hydrogen (secondary N) is 1. The number of halogens is 1. The van der Waals surface area contributed by atoms with E-state index in [1.54, 1.807) is 12.3 Å². The van der Waals surface area contributed by atoms with Crippen LogP contribution in [0.1, 0.15) is 12.0 Å². The van der Waals surface area contributed by atoms with Crippen LogP contribution in [0.4, 0.5) is 0 Å². The van der Waals surface area contributed by atoms with Gasteiger partial charge in [0.2, 0.25) is 0 Å². The Morgan fingerprint density at radius 1 is 1.44 bits per heavy atom. The van der Waals surface area contributed by atoms with Crippen LogP contribution in [0.3, 0.4) is 0 Å². The van der Waals surface area contributed by atoms with Crippen LogP contribution in [0.15, 0.2) is 29.2 Å². The topological polar surface area (TPSA) is 45.8 Å². The van der Waals surface area contributed by atoms with Gasteiger partial charge in [-0.25, -0.2) is 5.10 Å². The Hall–Kier alpha value is -1.60. The molecule has 0 amide bonds. The molecule has 0 aliphatic carbocycles. The quantitative estimate of drug-likeness (QED) is 0.640. The fraction of sp³-hybridized carbons (Fsp3) is 0.167. The first kappa shape index (κ1) is 10.9. The molecule has 1 aromatic carbocycles. The second-order valence-corrected chi connectivity index (χ2v) is 4.03. The van der Waals surface area contributed by atoms with Gasteiger partial charge >= 0.3 is 0 Å². The van der Waals surface area contributed by atoms with E-state index in [1.807, 2.05) is 12.1 Å². The highest BCUT2D eigenvalue weighted by Gasteiger charge is 1.98. The van der Waals surface area contributed by atoms with Crippen LogP contribution >= 0.6 is 15.9 Å². The second kappa shape index (κ2) is 4.95. The summed E-state index contributed by atoms with van der Waals surface area (Å²) in [5, 5.41) is 8.48. The number of nitrogens with zero attached hydrogens (tertiary/aromatic N) is 1. The summed E-state index contributed by atoms with van der Waals surface area (Å²) in [4.78, 5) is 11.4. The van der Waals surface area contributed by atoms with Crippen LogP contribution in [0.25, 0.3) is 10.8 Å². The van der Waals surface area contributed by atoms with E-state index < -0.39 is 0 Å². The van der Waals surface area contributed by atoms with Crippen LogP contribution in [0.5, 0.6) is 0 Å². The van der Waals surface area contributed by atoms with E-state index in [9.17, 15) is 4.79 Å². The minimum atomic E-state index is -0.169. The predicted molar refractivity (Wildman–Crippen MR) is 67.7 cm³/mol. The van der Waals surface area contributed by atoms with E-state index in [-0.39, 0.29) is 5.56 Å². The van der Waals surface area contributed by atoms with E-state index in [4.69, 9.17) is 0 Å². The van der Waals surface area contributed by atoms with Crippen molar-refractivity contribution in [1.82, 2.24) is 10.2 Å². The molecule has 0 saturated heterocycles. The second-order valence-electron chi connectivity index (χ2n) is 3.24. The van der Waals surface area contributed by atoms with Gasteiger partial charge in [-0.3, -0.25) is 4.79 Å². The van der Waals surface area contributed by atoms with Gasteiger partial charge in [-0.05, 0) is 18.2 Å². The van der Waals surface area contributed by atoms with Crippen LogP contribution in [-0.4, -0.2) is 15.5 Å². The first-order valence-corrected chi connectivity index (χ1v) is 5.95. The molecule has 0 aliphatic heterocycles. The van der Waals surface area contributed by atoms with E-state index in [0.717, 1.165) is 22.7 Å². The third-order valence-corrected chi connectivity index (χ3v) is 2.51. The molecule has 1 N–H and O–H groups in total. The Morgan fingerprint density at radius 3 is 3.12 bits per heavy atom. The van der Waals surface area contributed by atoms with Crippen molar-refractivity contribution in [3.05, 3.63) is 40.3 Å². The number of hydrogen-bond acceptors (Lipinski definition) is 2. The maximum atomic E-state index is 11.4. The maximum Gasteiger partial charge on any atom is 0.272 e. The summed E-state index contributed by atoms with van der Waals surface area (Å²) in [6.07, 6.45) is 2.44. The summed E-state index contributed by atoms with van der Waals surface area (Å²) in [6.45, 7) is 0. The molecule has 2 rings (SSSR count). The lowest BCUT2D eigenvalue weighted by atomic mass is 10.1. The van der Waals surface area contributed by atoms with Crippen molar-refractivity contribution in [3.8, 4) is 11.8 Å². The molecule has 0 saturated carbocycles. The van der Waals surface area contributed by atoms with Crippen molar-refractivity contribution >= 4 is 26.7 Å². The minimum Gasteiger partial charge on any atom is -0.267 e. The number of aromatic nitrogens is 2. The van der Waals surface area contributed by atoms with Crippen molar-refractivity contribution in [3.63, 3.8) is 0 Å².